The zero-order chi connectivity index (χ0) is 6.27. The summed E-state index contributed by atoms with van der Waals surface area (Å²) in [6, 6.07) is 0. The molecule has 0 heterocycles. The van der Waals surface area contributed by atoms with Gasteiger partial charge in [0, 0.05) is 0 Å². The summed E-state index contributed by atoms with van der Waals surface area (Å²) in [4.78, 5) is 0. The highest BCUT2D eigenvalue weighted by Crippen LogP contribution is 2.39. The maximum absolute atomic E-state index is 9.36. The van der Waals surface area contributed by atoms with Crippen molar-refractivity contribution in [3.63, 3.8) is 0 Å². The maximum atomic E-state index is 9.36. The molecule has 1 saturated carbocycles. The minimum Gasteiger partial charge on any atom is -0.393 e. The smallest absolute Gasteiger partial charge is 0.0577 e. The van der Waals surface area contributed by atoms with Gasteiger partial charge in [0.05, 0.1) is 6.10 Å². The van der Waals surface area contributed by atoms with Gasteiger partial charge in [0.1, 0.15) is 0 Å². The summed E-state index contributed by atoms with van der Waals surface area (Å²) in [7, 11) is 0. The Balaban J connectivity index is 2.13. The lowest BCUT2D eigenvalue weighted by Gasteiger charge is -2.11. The fraction of sp³-hybridized carbons (Fsp3) is 0.750. The van der Waals surface area contributed by atoms with Crippen molar-refractivity contribution in [1.82, 2.24) is 0 Å². The van der Waals surface area contributed by atoms with Crippen LogP contribution in [0.25, 0.3) is 0 Å². The van der Waals surface area contributed by atoms with E-state index in [0.29, 0.717) is 5.92 Å². The van der Waals surface area contributed by atoms with Crippen LogP contribution in [0.1, 0.15) is 19.3 Å². The third kappa shape index (κ3) is 0.715. The van der Waals surface area contributed by atoms with Crippen molar-refractivity contribution in [3.8, 4) is 0 Å². The Labute approximate surface area is 55.4 Å². The van der Waals surface area contributed by atoms with Crippen LogP contribution in [-0.4, -0.2) is 11.2 Å². The van der Waals surface area contributed by atoms with Crippen molar-refractivity contribution in [2.75, 3.05) is 0 Å². The summed E-state index contributed by atoms with van der Waals surface area (Å²) in [5, 5.41) is 9.36. The van der Waals surface area contributed by atoms with E-state index in [1.807, 2.05) is 0 Å². The molecule has 50 valence electrons. The number of rotatable bonds is 0. The highest BCUT2D eigenvalue weighted by Gasteiger charge is 2.34. The van der Waals surface area contributed by atoms with E-state index < -0.39 is 0 Å². The summed E-state index contributed by atoms with van der Waals surface area (Å²) >= 11 is 0. The lowest BCUT2D eigenvalue weighted by Crippen LogP contribution is -2.13. The van der Waals surface area contributed by atoms with Gasteiger partial charge in [-0.1, -0.05) is 12.2 Å². The number of allylic oxidation sites excluding steroid dienone is 2. The Bertz CT molecular complexity index is 140. The molecule has 0 unspecified atom stereocenters. The van der Waals surface area contributed by atoms with E-state index in [4.69, 9.17) is 0 Å². The molecule has 2 aliphatic carbocycles. The predicted octanol–water partition coefficient (Wildman–Crippen LogP) is 1.33. The highest BCUT2D eigenvalue weighted by atomic mass is 16.3. The molecule has 2 rings (SSSR count). The first-order chi connectivity index (χ1) is 4.38. The zero-order valence-corrected chi connectivity index (χ0v) is 5.46. The maximum Gasteiger partial charge on any atom is 0.0577 e. The molecule has 0 aromatic heterocycles. The van der Waals surface area contributed by atoms with E-state index in [2.05, 4.69) is 12.2 Å². The van der Waals surface area contributed by atoms with Gasteiger partial charge in [-0.05, 0) is 31.1 Å². The van der Waals surface area contributed by atoms with E-state index in [9.17, 15) is 5.11 Å². The molecule has 0 saturated heterocycles. The quantitative estimate of drug-likeness (QED) is 0.483. The van der Waals surface area contributed by atoms with Crippen molar-refractivity contribution >= 4 is 0 Å². The van der Waals surface area contributed by atoms with E-state index in [0.717, 1.165) is 18.8 Å². The summed E-state index contributed by atoms with van der Waals surface area (Å²) in [5.41, 5.74) is 0. The minimum absolute atomic E-state index is 0.00463. The van der Waals surface area contributed by atoms with Crippen molar-refractivity contribution < 1.29 is 5.11 Å². The van der Waals surface area contributed by atoms with Crippen LogP contribution >= 0.6 is 0 Å². The summed E-state index contributed by atoms with van der Waals surface area (Å²) in [5.74, 6) is 1.31. The average molecular weight is 124 g/mol. The lowest BCUT2D eigenvalue weighted by molar-refractivity contribution is 0.129. The number of aliphatic hydroxyl groups is 1. The molecule has 1 N–H and O–H groups in total. The Kier molecular flexibility index (Phi) is 1.12. The second-order valence-corrected chi connectivity index (χ2v) is 3.14. The van der Waals surface area contributed by atoms with Crippen LogP contribution in [0.15, 0.2) is 12.2 Å². The first-order valence-electron chi connectivity index (χ1n) is 3.72. The minimum atomic E-state index is 0.00463. The predicted molar refractivity (Wildman–Crippen MR) is 36.0 cm³/mol. The molecular formula is C8H12O. The molecule has 0 amide bonds. The molecule has 0 spiro atoms. The number of fused-ring (bicyclic) bond motifs is 1. The number of hydrogen-bond acceptors (Lipinski definition) is 1. The first kappa shape index (κ1) is 5.48. The molecule has 3 atom stereocenters. The fourth-order valence-corrected chi connectivity index (χ4v) is 2.06. The molecule has 9 heavy (non-hydrogen) atoms. The molecule has 2 aliphatic rings. The number of hydrogen-bond donors (Lipinski definition) is 1. The summed E-state index contributed by atoms with van der Waals surface area (Å²) < 4.78 is 0. The third-order valence-electron chi connectivity index (χ3n) is 2.63. The van der Waals surface area contributed by atoms with Gasteiger partial charge in [-0.3, -0.25) is 0 Å². The lowest BCUT2D eigenvalue weighted by atomic mass is 9.99. The van der Waals surface area contributed by atoms with Gasteiger partial charge in [-0.25, -0.2) is 0 Å². The largest absolute Gasteiger partial charge is 0.393 e. The standard InChI is InChI=1S/C8H12O/c9-8-5-4-6-2-1-3-7(6)8/h1-2,6-9H,3-5H2/t6-,7-,8+/m1/s1. The van der Waals surface area contributed by atoms with Crippen molar-refractivity contribution in [2.24, 2.45) is 11.8 Å². The highest BCUT2D eigenvalue weighted by molar-refractivity contribution is 5.06. The summed E-state index contributed by atoms with van der Waals surface area (Å²) in [6.45, 7) is 0. The fourth-order valence-electron chi connectivity index (χ4n) is 2.06. The zero-order valence-electron chi connectivity index (χ0n) is 5.46. The van der Waals surface area contributed by atoms with Gasteiger partial charge in [-0.15, -0.1) is 0 Å². The molecule has 1 heteroatoms. The first-order valence-corrected chi connectivity index (χ1v) is 3.72. The van der Waals surface area contributed by atoms with Crippen molar-refractivity contribution in [3.05, 3.63) is 12.2 Å². The van der Waals surface area contributed by atoms with Crippen molar-refractivity contribution in [1.29, 1.82) is 0 Å². The summed E-state index contributed by atoms with van der Waals surface area (Å²) in [6.07, 6.45) is 7.83. The van der Waals surface area contributed by atoms with E-state index in [-0.39, 0.29) is 6.10 Å². The van der Waals surface area contributed by atoms with Gasteiger partial charge in [0.2, 0.25) is 0 Å². The van der Waals surface area contributed by atoms with Crippen LogP contribution < -0.4 is 0 Å². The van der Waals surface area contributed by atoms with Crippen LogP contribution in [0, 0.1) is 11.8 Å². The van der Waals surface area contributed by atoms with Gasteiger partial charge < -0.3 is 5.11 Å². The molecule has 1 nitrogen and oxygen atoms in total. The molecule has 0 radical (unpaired) electrons. The van der Waals surface area contributed by atoms with E-state index >= 15 is 0 Å². The van der Waals surface area contributed by atoms with Gasteiger partial charge in [0.25, 0.3) is 0 Å². The molecule has 1 fully saturated rings. The van der Waals surface area contributed by atoms with Crippen LogP contribution in [0.3, 0.4) is 0 Å². The Morgan fingerprint density at radius 3 is 3.00 bits per heavy atom. The average Bonchev–Trinajstić information content (AvgIpc) is 2.35. The van der Waals surface area contributed by atoms with Gasteiger partial charge in [-0.2, -0.15) is 0 Å². The molecule has 0 aromatic rings. The monoisotopic (exact) mass is 124 g/mol. The van der Waals surface area contributed by atoms with Crippen LogP contribution in [0.4, 0.5) is 0 Å². The molecule has 0 aromatic carbocycles. The topological polar surface area (TPSA) is 20.2 Å². The second-order valence-electron chi connectivity index (χ2n) is 3.14. The third-order valence-corrected chi connectivity index (χ3v) is 2.63. The van der Waals surface area contributed by atoms with Crippen LogP contribution in [0.2, 0.25) is 0 Å². The molecule has 0 aliphatic heterocycles. The Hall–Kier alpha value is -0.300. The van der Waals surface area contributed by atoms with Gasteiger partial charge in [0.15, 0.2) is 0 Å². The van der Waals surface area contributed by atoms with E-state index in [1.165, 1.54) is 6.42 Å². The Morgan fingerprint density at radius 2 is 2.22 bits per heavy atom. The van der Waals surface area contributed by atoms with Gasteiger partial charge >= 0.3 is 0 Å². The van der Waals surface area contributed by atoms with E-state index in [1.54, 1.807) is 0 Å². The van der Waals surface area contributed by atoms with Crippen LogP contribution in [-0.2, 0) is 0 Å². The second kappa shape index (κ2) is 1.84. The molecular weight excluding hydrogens is 112 g/mol. The SMILES string of the molecule is O[C@H]1CC[C@H]2C=CC[C@H]21. The van der Waals surface area contributed by atoms with Crippen molar-refractivity contribution in [2.45, 2.75) is 25.4 Å². The normalized spacial score (nSPS) is 47.9. The molecule has 0 bridgehead atoms. The Morgan fingerprint density at radius 1 is 1.33 bits per heavy atom. The van der Waals surface area contributed by atoms with Crippen LogP contribution in [0.5, 0.6) is 0 Å². The number of aliphatic hydroxyl groups excluding tert-OH is 1.